The molecule has 3 heteroatoms. The molecule has 0 aromatic carbocycles. The number of nitrogens with zero attached hydrogens (tertiary/aromatic N) is 1. The van der Waals surface area contributed by atoms with Crippen LogP contribution < -0.4 is 0 Å². The normalized spacial score (nSPS) is 13.2. The van der Waals surface area contributed by atoms with E-state index in [2.05, 4.69) is 39.5 Å². The van der Waals surface area contributed by atoms with Gasteiger partial charge in [-0.25, -0.2) is 0 Å². The fourth-order valence-electron chi connectivity index (χ4n) is 2.03. The lowest BCUT2D eigenvalue weighted by Gasteiger charge is -2.29. The van der Waals surface area contributed by atoms with Crippen molar-refractivity contribution < 1.29 is 3.79 Å². The van der Waals surface area contributed by atoms with E-state index in [4.69, 9.17) is 3.79 Å². The van der Waals surface area contributed by atoms with Gasteiger partial charge in [-0.2, -0.15) is 0 Å². The van der Waals surface area contributed by atoms with E-state index in [9.17, 15) is 0 Å². The van der Waals surface area contributed by atoms with Crippen molar-refractivity contribution in [2.45, 2.75) is 64.3 Å². The van der Waals surface area contributed by atoms with Crippen LogP contribution in [-0.4, -0.2) is 38.7 Å². The van der Waals surface area contributed by atoms with Crippen molar-refractivity contribution in [1.82, 2.24) is 4.90 Å². The molecule has 0 aromatic heterocycles. The van der Waals surface area contributed by atoms with E-state index in [-0.39, 0.29) is 0 Å². The first-order valence-electron chi connectivity index (χ1n) is 6.58. The third-order valence-corrected chi connectivity index (χ3v) is 6.16. The van der Waals surface area contributed by atoms with Crippen molar-refractivity contribution >= 4 is 14.5 Å². The van der Waals surface area contributed by atoms with Gasteiger partial charge in [-0.05, 0) is 20.0 Å². The summed E-state index contributed by atoms with van der Waals surface area (Å²) in [5, 5.41) is 2.67. The maximum absolute atomic E-state index is 6.24. The number of rotatable bonds is 9. The Morgan fingerprint density at radius 1 is 1.00 bits per heavy atom. The summed E-state index contributed by atoms with van der Waals surface area (Å²) in [7, 11) is 0. The number of hydrogen-bond acceptors (Lipinski definition) is 2. The van der Waals surface area contributed by atoms with Crippen LogP contribution in [-0.2, 0) is 3.79 Å². The molecule has 0 spiro atoms. The molecule has 0 aliphatic carbocycles. The predicted octanol–water partition coefficient (Wildman–Crippen LogP) is 3.50. The molecule has 0 heterocycles. The monoisotopic (exact) mass is 229 g/mol. The molecule has 1 unspecified atom stereocenters. The Labute approximate surface area is 101 Å². The summed E-state index contributed by atoms with van der Waals surface area (Å²) in [6.07, 6.45) is 2.89. The lowest BCUT2D eigenvalue weighted by atomic mass is 10.5. The minimum absolute atomic E-state index is 0.328. The van der Waals surface area contributed by atoms with Gasteiger partial charge in [0, 0.05) is 0 Å². The molecule has 0 fully saturated rings. The molecule has 0 bridgehead atoms. The highest BCUT2D eigenvalue weighted by Crippen LogP contribution is 2.12. The van der Waals surface area contributed by atoms with Gasteiger partial charge >= 0.3 is 14.5 Å². The van der Waals surface area contributed by atoms with Crippen molar-refractivity contribution in [3.8, 4) is 0 Å². The molecule has 0 aliphatic rings. The van der Waals surface area contributed by atoms with E-state index in [0.717, 1.165) is 13.1 Å². The van der Waals surface area contributed by atoms with E-state index in [1.54, 1.807) is 0 Å². The minimum atomic E-state index is -0.917. The summed E-state index contributed by atoms with van der Waals surface area (Å²) in [4.78, 5) is 2.39. The fraction of sp³-hybridized carbons (Fsp3) is 1.00. The SMILES string of the molecule is CC[CH2][Al]([CH2]CC)[O]C(C)N(CC)CC. The Balaban J connectivity index is 4.01. The minimum Gasteiger partial charge on any atom is -0.487 e. The zero-order valence-corrected chi connectivity index (χ0v) is 12.4. The van der Waals surface area contributed by atoms with Gasteiger partial charge in [0.1, 0.15) is 0 Å². The fourth-order valence-corrected chi connectivity index (χ4v) is 4.60. The first kappa shape index (κ1) is 15.5. The van der Waals surface area contributed by atoms with Crippen LogP contribution in [0.15, 0.2) is 0 Å². The van der Waals surface area contributed by atoms with Crippen LogP contribution in [0.5, 0.6) is 0 Å². The topological polar surface area (TPSA) is 12.5 Å². The molecule has 90 valence electrons. The summed E-state index contributed by atoms with van der Waals surface area (Å²) in [6.45, 7) is 13.3. The summed E-state index contributed by atoms with van der Waals surface area (Å²) in [5.41, 5.74) is 0. The van der Waals surface area contributed by atoms with Gasteiger partial charge in [0.05, 0.1) is 6.23 Å². The average molecular weight is 229 g/mol. The molecule has 1 atom stereocenters. The van der Waals surface area contributed by atoms with Gasteiger partial charge in [0.15, 0.2) is 0 Å². The van der Waals surface area contributed by atoms with E-state index in [1.807, 2.05) is 0 Å². The Bertz CT molecular complexity index is 134. The van der Waals surface area contributed by atoms with Crippen molar-refractivity contribution in [3.63, 3.8) is 0 Å². The zero-order valence-electron chi connectivity index (χ0n) is 11.3. The second-order valence-corrected chi connectivity index (χ2v) is 6.83. The highest BCUT2D eigenvalue weighted by atomic mass is 27.2. The molecule has 0 aromatic rings. The van der Waals surface area contributed by atoms with Crippen LogP contribution in [0.2, 0.25) is 10.6 Å². The molecular formula is C12H28AlNO. The second kappa shape index (κ2) is 9.66. The predicted molar refractivity (Wildman–Crippen MR) is 69.4 cm³/mol. The van der Waals surface area contributed by atoms with Crippen LogP contribution >= 0.6 is 0 Å². The molecule has 0 aliphatic heterocycles. The van der Waals surface area contributed by atoms with Crippen LogP contribution in [0.4, 0.5) is 0 Å². The average Bonchev–Trinajstić information content (AvgIpc) is 2.20. The smallest absolute Gasteiger partial charge is 0.461 e. The Morgan fingerprint density at radius 2 is 1.47 bits per heavy atom. The quantitative estimate of drug-likeness (QED) is 0.443. The maximum Gasteiger partial charge on any atom is 0.461 e. The molecule has 0 saturated heterocycles. The number of hydrogen-bond donors (Lipinski definition) is 0. The van der Waals surface area contributed by atoms with Crippen LogP contribution in [0.3, 0.4) is 0 Å². The van der Waals surface area contributed by atoms with E-state index in [0.29, 0.717) is 6.23 Å². The summed E-state index contributed by atoms with van der Waals surface area (Å²) in [6, 6.07) is 0. The van der Waals surface area contributed by atoms with E-state index in [1.165, 1.54) is 23.4 Å². The standard InChI is InChI=1S/C6H14NO.2C3H7.Al/c1-4-7(5-2)6(3)8;2*1-3-2;/h6H,4-5H2,1-3H3;2*1,3H2,2H3;/q-1;;;+1. The molecule has 2 nitrogen and oxygen atoms in total. The Morgan fingerprint density at radius 3 is 1.80 bits per heavy atom. The summed E-state index contributed by atoms with van der Waals surface area (Å²) in [5.74, 6) is 0. The lowest BCUT2D eigenvalue weighted by molar-refractivity contribution is 0.0449. The third-order valence-electron chi connectivity index (χ3n) is 2.94. The van der Waals surface area contributed by atoms with Gasteiger partial charge in [-0.15, -0.1) is 0 Å². The van der Waals surface area contributed by atoms with Gasteiger partial charge < -0.3 is 3.79 Å². The van der Waals surface area contributed by atoms with Crippen molar-refractivity contribution in [1.29, 1.82) is 0 Å². The van der Waals surface area contributed by atoms with Gasteiger partial charge in [-0.3, -0.25) is 4.90 Å². The Hall–Kier alpha value is 0.452. The highest BCUT2D eigenvalue weighted by Gasteiger charge is 2.22. The van der Waals surface area contributed by atoms with Crippen molar-refractivity contribution in [2.75, 3.05) is 13.1 Å². The largest absolute Gasteiger partial charge is 0.487 e. The van der Waals surface area contributed by atoms with Gasteiger partial charge in [0.2, 0.25) is 0 Å². The van der Waals surface area contributed by atoms with Crippen molar-refractivity contribution in [3.05, 3.63) is 0 Å². The lowest BCUT2D eigenvalue weighted by Crippen LogP contribution is -2.38. The van der Waals surface area contributed by atoms with Gasteiger partial charge in [-0.1, -0.05) is 51.1 Å². The Kier molecular flexibility index (Phi) is 9.95. The van der Waals surface area contributed by atoms with Crippen LogP contribution in [0.1, 0.15) is 47.5 Å². The summed E-state index contributed by atoms with van der Waals surface area (Å²) < 4.78 is 6.24. The van der Waals surface area contributed by atoms with Crippen LogP contribution in [0, 0.1) is 0 Å². The van der Waals surface area contributed by atoms with Crippen molar-refractivity contribution in [2.24, 2.45) is 0 Å². The molecule has 0 N–H and O–H groups in total. The zero-order chi connectivity index (χ0) is 11.7. The maximum atomic E-state index is 6.24. The molecular weight excluding hydrogens is 201 g/mol. The van der Waals surface area contributed by atoms with Gasteiger partial charge in [0.25, 0.3) is 0 Å². The second-order valence-electron chi connectivity index (χ2n) is 4.16. The molecule has 15 heavy (non-hydrogen) atoms. The molecule has 0 radical (unpaired) electrons. The third kappa shape index (κ3) is 6.58. The molecule has 0 saturated carbocycles. The first-order valence-corrected chi connectivity index (χ1v) is 8.69. The highest BCUT2D eigenvalue weighted by molar-refractivity contribution is 6.51. The first-order chi connectivity index (χ1) is 7.19. The van der Waals surface area contributed by atoms with E-state index >= 15 is 0 Å². The molecule has 0 rings (SSSR count). The molecule has 0 amide bonds. The summed E-state index contributed by atoms with van der Waals surface area (Å²) >= 11 is -0.917. The van der Waals surface area contributed by atoms with Crippen LogP contribution in [0.25, 0.3) is 0 Å². The van der Waals surface area contributed by atoms with E-state index < -0.39 is 14.5 Å².